The Morgan fingerprint density at radius 3 is 2.11 bits per heavy atom. The van der Waals surface area contributed by atoms with Gasteiger partial charge in [-0.1, -0.05) is 0 Å². The van der Waals surface area contributed by atoms with Crippen LogP contribution in [0.2, 0.25) is 0 Å². The molecule has 0 aromatic carbocycles. The van der Waals surface area contributed by atoms with Crippen molar-refractivity contribution in [1.82, 2.24) is 0 Å². The minimum atomic E-state index is -5.15. The minimum Gasteiger partial charge on any atom is -0.481 e. The fourth-order valence-electron chi connectivity index (χ4n) is 1.03. The highest BCUT2D eigenvalue weighted by Gasteiger charge is 2.42. The zero-order valence-corrected chi connectivity index (χ0v) is 10.0. The van der Waals surface area contributed by atoms with Crippen molar-refractivity contribution in [3.8, 4) is 0 Å². The van der Waals surface area contributed by atoms with Gasteiger partial charge in [-0.2, -0.15) is 13.2 Å². The van der Waals surface area contributed by atoms with E-state index in [1.165, 1.54) is 0 Å². The summed E-state index contributed by atoms with van der Waals surface area (Å²) >= 11 is 0. The van der Waals surface area contributed by atoms with Crippen molar-refractivity contribution in [3.63, 3.8) is 0 Å². The van der Waals surface area contributed by atoms with Gasteiger partial charge in [0.1, 0.15) is 0 Å². The lowest BCUT2D eigenvalue weighted by Gasteiger charge is -2.14. The van der Waals surface area contributed by atoms with Gasteiger partial charge in [-0.25, -0.2) is 4.79 Å². The molecule has 1 atom stereocenters. The van der Waals surface area contributed by atoms with E-state index in [9.17, 15) is 27.6 Å². The zero-order chi connectivity index (χ0) is 15.1. The quantitative estimate of drug-likeness (QED) is 0.434. The third-order valence-corrected chi connectivity index (χ3v) is 1.82. The minimum absolute atomic E-state index is 0.119. The van der Waals surface area contributed by atoms with Crippen LogP contribution < -0.4 is 0 Å². The van der Waals surface area contributed by atoms with E-state index < -0.39 is 30.4 Å². The third kappa shape index (κ3) is 8.86. The van der Waals surface area contributed by atoms with Crippen molar-refractivity contribution in [2.75, 3.05) is 0 Å². The summed E-state index contributed by atoms with van der Waals surface area (Å²) < 4.78 is 43.6. The molecule has 0 aliphatic rings. The molecule has 1 N–H and O–H groups in total. The monoisotopic (exact) mass is 286 g/mol. The molecule has 0 aromatic heterocycles. The molecule has 0 radical (unpaired) electrons. The number of alkyl halides is 3. The molecule has 0 amide bonds. The van der Waals surface area contributed by atoms with Crippen LogP contribution in [0.1, 0.15) is 32.6 Å². The number of ether oxygens (including phenoxy) is 2. The molecule has 19 heavy (non-hydrogen) atoms. The second kappa shape index (κ2) is 7.59. The second-order valence-electron chi connectivity index (χ2n) is 3.56. The maximum Gasteiger partial charge on any atom is 0.491 e. The van der Waals surface area contributed by atoms with E-state index in [0.717, 1.165) is 6.92 Å². The van der Waals surface area contributed by atoms with Gasteiger partial charge in [-0.15, -0.1) is 0 Å². The number of carboxylic acid groups (broad SMARTS) is 1. The van der Waals surface area contributed by atoms with Crippen molar-refractivity contribution in [2.24, 2.45) is 0 Å². The molecule has 0 spiro atoms. The Labute approximate surface area is 106 Å². The Morgan fingerprint density at radius 1 is 1.11 bits per heavy atom. The highest BCUT2D eigenvalue weighted by Crippen LogP contribution is 2.17. The molecule has 0 aliphatic carbocycles. The number of hydrogen-bond acceptors (Lipinski definition) is 5. The summed E-state index contributed by atoms with van der Waals surface area (Å²) in [6, 6.07) is 0. The summed E-state index contributed by atoms with van der Waals surface area (Å²) in [7, 11) is 0. The normalized spacial score (nSPS) is 12.6. The molecule has 0 bridgehead atoms. The summed E-state index contributed by atoms with van der Waals surface area (Å²) in [6.07, 6.45) is -6.64. The summed E-state index contributed by atoms with van der Waals surface area (Å²) in [6.45, 7) is 0.971. The Hall–Kier alpha value is -1.80. The molecule has 0 fully saturated rings. The Balaban J connectivity index is 3.87. The lowest BCUT2D eigenvalue weighted by molar-refractivity contribution is -0.222. The van der Waals surface area contributed by atoms with Crippen LogP contribution in [0.25, 0.3) is 0 Å². The van der Waals surface area contributed by atoms with Crippen molar-refractivity contribution >= 4 is 17.9 Å². The number of hydrogen-bond donors (Lipinski definition) is 1. The maximum atomic E-state index is 11.8. The number of esters is 2. The Kier molecular flexibility index (Phi) is 6.87. The first-order chi connectivity index (χ1) is 8.62. The number of carboxylic acids is 1. The van der Waals surface area contributed by atoms with E-state index in [0.29, 0.717) is 0 Å². The first-order valence-electron chi connectivity index (χ1n) is 5.32. The molecular formula is C10H13F3O6. The zero-order valence-electron chi connectivity index (χ0n) is 10.0. The maximum absolute atomic E-state index is 11.8. The molecule has 0 rings (SSSR count). The summed E-state index contributed by atoms with van der Waals surface area (Å²) in [5.74, 6) is -4.33. The third-order valence-electron chi connectivity index (χ3n) is 1.82. The molecule has 1 unspecified atom stereocenters. The predicted octanol–water partition coefficient (Wildman–Crippen LogP) is 1.63. The molecular weight excluding hydrogens is 273 g/mol. The number of rotatable bonds is 7. The molecule has 0 aliphatic heterocycles. The second-order valence-corrected chi connectivity index (χ2v) is 3.56. The van der Waals surface area contributed by atoms with Gasteiger partial charge < -0.3 is 14.6 Å². The van der Waals surface area contributed by atoms with Gasteiger partial charge >= 0.3 is 24.1 Å². The van der Waals surface area contributed by atoms with Crippen molar-refractivity contribution < 1.29 is 42.1 Å². The van der Waals surface area contributed by atoms with E-state index in [4.69, 9.17) is 5.11 Å². The number of unbranched alkanes of at least 4 members (excludes halogenated alkanes) is 1. The van der Waals surface area contributed by atoms with Gasteiger partial charge in [0.25, 0.3) is 0 Å². The molecule has 0 heterocycles. The van der Waals surface area contributed by atoms with Crippen molar-refractivity contribution in [2.45, 2.75) is 45.1 Å². The van der Waals surface area contributed by atoms with Gasteiger partial charge in [0.15, 0.2) is 0 Å². The number of halogens is 3. The highest BCUT2D eigenvalue weighted by molar-refractivity contribution is 5.76. The standard InChI is InChI=1S/C10H13F3O6/c1-6(19-9(17)10(11,12)13)18-8(16)5-3-2-4-7(14)15/h6H,2-5H2,1H3,(H,14,15). The van der Waals surface area contributed by atoms with Crippen LogP contribution in [0.5, 0.6) is 0 Å². The largest absolute Gasteiger partial charge is 0.491 e. The van der Waals surface area contributed by atoms with E-state index in [1.807, 2.05) is 0 Å². The van der Waals surface area contributed by atoms with Crippen LogP contribution in [-0.2, 0) is 23.9 Å². The van der Waals surface area contributed by atoms with E-state index in [1.54, 1.807) is 0 Å². The SMILES string of the molecule is CC(OC(=O)CCCCC(=O)O)OC(=O)C(F)(F)F. The summed E-state index contributed by atoms with van der Waals surface area (Å²) in [5, 5.41) is 8.32. The van der Waals surface area contributed by atoms with Gasteiger partial charge in [-0.3, -0.25) is 9.59 Å². The highest BCUT2D eigenvalue weighted by atomic mass is 19.4. The molecule has 0 aromatic rings. The van der Waals surface area contributed by atoms with Crippen LogP contribution in [0, 0.1) is 0 Å². The Morgan fingerprint density at radius 2 is 1.63 bits per heavy atom. The molecule has 9 heteroatoms. The van der Waals surface area contributed by atoms with Crippen molar-refractivity contribution in [1.29, 1.82) is 0 Å². The number of aliphatic carboxylic acids is 1. The van der Waals surface area contributed by atoms with Crippen molar-refractivity contribution in [3.05, 3.63) is 0 Å². The topological polar surface area (TPSA) is 89.9 Å². The average molecular weight is 286 g/mol. The lowest BCUT2D eigenvalue weighted by Crippen LogP contribution is -2.31. The molecule has 0 saturated carbocycles. The first-order valence-corrected chi connectivity index (χ1v) is 5.32. The smallest absolute Gasteiger partial charge is 0.481 e. The molecule has 0 saturated heterocycles. The van der Waals surface area contributed by atoms with E-state index in [2.05, 4.69) is 9.47 Å². The van der Waals surface area contributed by atoms with E-state index >= 15 is 0 Å². The molecule has 110 valence electrons. The fourth-order valence-corrected chi connectivity index (χ4v) is 1.03. The van der Waals surface area contributed by atoms with Crippen LogP contribution >= 0.6 is 0 Å². The van der Waals surface area contributed by atoms with Gasteiger partial charge in [0.2, 0.25) is 6.29 Å². The van der Waals surface area contributed by atoms with Crippen LogP contribution in [-0.4, -0.2) is 35.5 Å². The number of carbonyl (C=O) groups is 3. The summed E-state index contributed by atoms with van der Waals surface area (Å²) in [4.78, 5) is 31.6. The average Bonchev–Trinajstić information content (AvgIpc) is 2.22. The first kappa shape index (κ1) is 17.2. The van der Waals surface area contributed by atoms with Crippen LogP contribution in [0.3, 0.4) is 0 Å². The van der Waals surface area contributed by atoms with Gasteiger partial charge in [-0.05, 0) is 12.8 Å². The number of carbonyl (C=O) groups excluding carboxylic acids is 2. The molecule has 6 nitrogen and oxygen atoms in total. The summed E-state index contributed by atoms with van der Waals surface area (Å²) in [5.41, 5.74) is 0. The van der Waals surface area contributed by atoms with Gasteiger partial charge in [0, 0.05) is 19.8 Å². The van der Waals surface area contributed by atoms with Crippen LogP contribution in [0.15, 0.2) is 0 Å². The Bertz CT molecular complexity index is 339. The van der Waals surface area contributed by atoms with Crippen LogP contribution in [0.4, 0.5) is 13.2 Å². The lowest BCUT2D eigenvalue weighted by atomic mass is 10.2. The van der Waals surface area contributed by atoms with E-state index in [-0.39, 0.29) is 25.7 Å². The van der Waals surface area contributed by atoms with Gasteiger partial charge in [0.05, 0.1) is 0 Å². The fraction of sp³-hybridized carbons (Fsp3) is 0.700. The predicted molar refractivity (Wildman–Crippen MR) is 53.8 cm³/mol.